The molecule has 0 aromatic heterocycles. The standard InChI is InChI=1S/C19H22N2O5/c1-24-15-9-13(10-16(25-2)19(15)26-3)11-17(22)20-12-18(23)21-14-7-5-4-6-8-14/h4-10H,11-12H2,1-3H3,(H,20,22)(H,21,23). The summed E-state index contributed by atoms with van der Waals surface area (Å²) >= 11 is 0. The van der Waals surface area contributed by atoms with Gasteiger partial charge in [0, 0.05) is 5.69 Å². The molecule has 0 heterocycles. The van der Waals surface area contributed by atoms with E-state index in [2.05, 4.69) is 10.6 Å². The number of methoxy groups -OCH3 is 3. The van der Waals surface area contributed by atoms with Crippen molar-refractivity contribution in [2.75, 3.05) is 33.2 Å². The fraction of sp³-hybridized carbons (Fsp3) is 0.263. The lowest BCUT2D eigenvalue weighted by Crippen LogP contribution is -2.33. The average molecular weight is 358 g/mol. The third-order valence-electron chi connectivity index (χ3n) is 3.59. The Morgan fingerprint density at radius 2 is 1.50 bits per heavy atom. The second-order valence-corrected chi connectivity index (χ2v) is 5.40. The van der Waals surface area contributed by atoms with Crippen molar-refractivity contribution in [1.82, 2.24) is 5.32 Å². The number of carbonyl (C=O) groups is 2. The molecule has 0 bridgehead atoms. The summed E-state index contributed by atoms with van der Waals surface area (Å²) in [5, 5.41) is 5.29. The number of nitrogens with one attached hydrogen (secondary N) is 2. The Bertz CT molecular complexity index is 737. The molecule has 0 radical (unpaired) electrons. The number of amides is 2. The zero-order chi connectivity index (χ0) is 18.9. The van der Waals surface area contributed by atoms with Gasteiger partial charge in [0.15, 0.2) is 11.5 Å². The molecule has 0 aliphatic rings. The summed E-state index contributed by atoms with van der Waals surface area (Å²) in [6, 6.07) is 12.4. The lowest BCUT2D eigenvalue weighted by Gasteiger charge is -2.14. The molecule has 0 atom stereocenters. The maximum atomic E-state index is 12.1. The van der Waals surface area contributed by atoms with Crippen LogP contribution in [0.25, 0.3) is 0 Å². The maximum Gasteiger partial charge on any atom is 0.243 e. The first-order chi connectivity index (χ1) is 12.6. The Kier molecular flexibility index (Phi) is 6.84. The molecule has 26 heavy (non-hydrogen) atoms. The van der Waals surface area contributed by atoms with E-state index in [1.54, 1.807) is 24.3 Å². The second kappa shape index (κ2) is 9.31. The molecule has 7 heteroatoms. The van der Waals surface area contributed by atoms with Gasteiger partial charge in [0.05, 0.1) is 34.3 Å². The summed E-state index contributed by atoms with van der Waals surface area (Å²) in [4.78, 5) is 24.0. The van der Waals surface area contributed by atoms with Crippen LogP contribution in [0.4, 0.5) is 5.69 Å². The number of benzene rings is 2. The van der Waals surface area contributed by atoms with Gasteiger partial charge in [-0.25, -0.2) is 0 Å². The highest BCUT2D eigenvalue weighted by molar-refractivity contribution is 5.94. The number of ether oxygens (including phenoxy) is 3. The van der Waals surface area contributed by atoms with Crippen LogP contribution in [0.2, 0.25) is 0 Å². The zero-order valence-corrected chi connectivity index (χ0v) is 15.0. The van der Waals surface area contributed by atoms with Crippen molar-refractivity contribution in [3.8, 4) is 17.2 Å². The van der Waals surface area contributed by atoms with Crippen LogP contribution in [-0.4, -0.2) is 39.7 Å². The van der Waals surface area contributed by atoms with Crippen molar-refractivity contribution >= 4 is 17.5 Å². The van der Waals surface area contributed by atoms with Gasteiger partial charge in [0.25, 0.3) is 0 Å². The predicted octanol–water partition coefficient (Wildman–Crippen LogP) is 2.01. The average Bonchev–Trinajstić information content (AvgIpc) is 2.66. The minimum Gasteiger partial charge on any atom is -0.493 e. The molecule has 2 aromatic rings. The zero-order valence-electron chi connectivity index (χ0n) is 15.0. The van der Waals surface area contributed by atoms with Crippen LogP contribution in [0.15, 0.2) is 42.5 Å². The van der Waals surface area contributed by atoms with E-state index in [4.69, 9.17) is 14.2 Å². The quantitative estimate of drug-likeness (QED) is 0.754. The monoisotopic (exact) mass is 358 g/mol. The summed E-state index contributed by atoms with van der Waals surface area (Å²) in [5.41, 5.74) is 1.36. The molecule has 2 aromatic carbocycles. The first-order valence-electron chi connectivity index (χ1n) is 7.97. The van der Waals surface area contributed by atoms with E-state index in [1.165, 1.54) is 21.3 Å². The molecule has 0 aliphatic carbocycles. The minimum absolute atomic E-state index is 0.0787. The van der Waals surface area contributed by atoms with Gasteiger partial charge in [-0.3, -0.25) is 9.59 Å². The van der Waals surface area contributed by atoms with Crippen molar-refractivity contribution in [3.05, 3.63) is 48.0 Å². The van der Waals surface area contributed by atoms with Gasteiger partial charge in [-0.1, -0.05) is 18.2 Å². The summed E-state index contributed by atoms with van der Waals surface area (Å²) in [5.74, 6) is 0.811. The lowest BCUT2D eigenvalue weighted by molar-refractivity contribution is -0.123. The fourth-order valence-electron chi connectivity index (χ4n) is 2.39. The minimum atomic E-state index is -0.297. The molecule has 2 N–H and O–H groups in total. The summed E-state index contributed by atoms with van der Waals surface area (Å²) in [6.45, 7) is -0.113. The molecule has 0 saturated heterocycles. The van der Waals surface area contributed by atoms with E-state index >= 15 is 0 Å². The SMILES string of the molecule is COc1cc(CC(=O)NCC(=O)Nc2ccccc2)cc(OC)c1OC. The van der Waals surface area contributed by atoms with Crippen molar-refractivity contribution in [2.24, 2.45) is 0 Å². The van der Waals surface area contributed by atoms with Crippen LogP contribution in [-0.2, 0) is 16.0 Å². The Morgan fingerprint density at radius 3 is 2.04 bits per heavy atom. The summed E-state index contributed by atoms with van der Waals surface area (Å²) in [6.07, 6.45) is 0.0787. The highest BCUT2D eigenvalue weighted by Crippen LogP contribution is 2.38. The van der Waals surface area contributed by atoms with Gasteiger partial charge in [0.1, 0.15) is 0 Å². The van der Waals surface area contributed by atoms with Crippen LogP contribution < -0.4 is 24.8 Å². The van der Waals surface area contributed by atoms with Gasteiger partial charge in [0.2, 0.25) is 17.6 Å². The predicted molar refractivity (Wildman–Crippen MR) is 97.9 cm³/mol. The summed E-state index contributed by atoms with van der Waals surface area (Å²) in [7, 11) is 4.53. The second-order valence-electron chi connectivity index (χ2n) is 5.40. The van der Waals surface area contributed by atoms with Gasteiger partial charge in [-0.2, -0.15) is 0 Å². The molecule has 0 spiro atoms. The van der Waals surface area contributed by atoms with Crippen LogP contribution in [0.5, 0.6) is 17.2 Å². The topological polar surface area (TPSA) is 85.9 Å². The Hall–Kier alpha value is -3.22. The third kappa shape index (κ3) is 5.14. The van der Waals surface area contributed by atoms with Gasteiger partial charge >= 0.3 is 0 Å². The Morgan fingerprint density at radius 1 is 0.885 bits per heavy atom. The largest absolute Gasteiger partial charge is 0.493 e. The van der Waals surface area contributed by atoms with E-state index in [0.717, 1.165) is 0 Å². The van der Waals surface area contributed by atoms with Crippen molar-refractivity contribution < 1.29 is 23.8 Å². The first kappa shape index (κ1) is 19.1. The normalized spacial score (nSPS) is 9.96. The molecular formula is C19H22N2O5. The molecular weight excluding hydrogens is 336 g/mol. The van der Waals surface area contributed by atoms with E-state index in [1.807, 2.05) is 18.2 Å². The molecule has 7 nitrogen and oxygen atoms in total. The van der Waals surface area contributed by atoms with Gasteiger partial charge in [-0.05, 0) is 29.8 Å². The molecule has 2 amide bonds. The van der Waals surface area contributed by atoms with Crippen molar-refractivity contribution in [1.29, 1.82) is 0 Å². The molecule has 2 rings (SSSR count). The number of anilines is 1. The molecule has 0 fully saturated rings. The Labute approximate surface area is 152 Å². The van der Waals surface area contributed by atoms with Crippen LogP contribution >= 0.6 is 0 Å². The Balaban J connectivity index is 1.94. The third-order valence-corrected chi connectivity index (χ3v) is 3.59. The molecule has 138 valence electrons. The van der Waals surface area contributed by atoms with Crippen LogP contribution in [0.1, 0.15) is 5.56 Å². The van der Waals surface area contributed by atoms with E-state index < -0.39 is 0 Å². The molecule has 0 unspecified atom stereocenters. The van der Waals surface area contributed by atoms with E-state index in [9.17, 15) is 9.59 Å². The van der Waals surface area contributed by atoms with Crippen LogP contribution in [0.3, 0.4) is 0 Å². The van der Waals surface area contributed by atoms with E-state index in [-0.39, 0.29) is 24.8 Å². The van der Waals surface area contributed by atoms with E-state index in [0.29, 0.717) is 28.5 Å². The number of hydrogen-bond donors (Lipinski definition) is 2. The lowest BCUT2D eigenvalue weighted by atomic mass is 10.1. The van der Waals surface area contributed by atoms with Crippen LogP contribution in [0, 0.1) is 0 Å². The first-order valence-corrected chi connectivity index (χ1v) is 7.97. The van der Waals surface area contributed by atoms with Gasteiger partial charge < -0.3 is 24.8 Å². The smallest absolute Gasteiger partial charge is 0.243 e. The molecule has 0 saturated carbocycles. The highest BCUT2D eigenvalue weighted by atomic mass is 16.5. The molecule has 0 aliphatic heterocycles. The van der Waals surface area contributed by atoms with Crippen molar-refractivity contribution in [2.45, 2.75) is 6.42 Å². The maximum absolute atomic E-state index is 12.1. The fourth-order valence-corrected chi connectivity index (χ4v) is 2.39. The number of hydrogen-bond acceptors (Lipinski definition) is 5. The summed E-state index contributed by atoms with van der Waals surface area (Å²) < 4.78 is 15.8. The van der Waals surface area contributed by atoms with Gasteiger partial charge in [-0.15, -0.1) is 0 Å². The van der Waals surface area contributed by atoms with Crippen molar-refractivity contribution in [3.63, 3.8) is 0 Å². The highest BCUT2D eigenvalue weighted by Gasteiger charge is 2.15. The number of carbonyl (C=O) groups excluding carboxylic acids is 2. The number of para-hydroxylation sites is 1. The number of rotatable bonds is 8.